The number of nitrogens with one attached hydrogen (secondary N) is 2. The zero-order valence-corrected chi connectivity index (χ0v) is 11.9. The summed E-state index contributed by atoms with van der Waals surface area (Å²) in [5, 5.41) is 10.1. The van der Waals surface area contributed by atoms with Crippen LogP contribution in [0.1, 0.15) is 55.5 Å². The van der Waals surface area contributed by atoms with Gasteiger partial charge in [0.15, 0.2) is 0 Å². The van der Waals surface area contributed by atoms with Gasteiger partial charge in [0.1, 0.15) is 5.82 Å². The summed E-state index contributed by atoms with van der Waals surface area (Å²) in [5.74, 6) is 4.23. The molecule has 5 nitrogen and oxygen atoms in total. The van der Waals surface area contributed by atoms with E-state index in [9.17, 15) is 4.79 Å². The van der Waals surface area contributed by atoms with E-state index in [1.54, 1.807) is 0 Å². The Kier molecular flexibility index (Phi) is 2.82. The number of carbonyl (C=O) groups excluding carboxylic acids is 1. The fraction of sp³-hybridized carbons (Fsp3) is 0.800. The van der Waals surface area contributed by atoms with Crippen LogP contribution in [0.15, 0.2) is 0 Å². The fourth-order valence-corrected chi connectivity index (χ4v) is 4.93. The summed E-state index contributed by atoms with van der Waals surface area (Å²) < 4.78 is 0. The summed E-state index contributed by atoms with van der Waals surface area (Å²) in [6, 6.07) is 0.360. The first kappa shape index (κ1) is 12.4. The largest absolute Gasteiger partial charge is 0.346 e. The average Bonchev–Trinajstić information content (AvgIpc) is 2.91. The maximum Gasteiger partial charge on any atom is 0.291 e. The molecule has 108 valence electrons. The van der Waals surface area contributed by atoms with Crippen LogP contribution in [0.3, 0.4) is 0 Å². The van der Waals surface area contributed by atoms with Crippen molar-refractivity contribution in [2.24, 2.45) is 23.7 Å². The lowest BCUT2D eigenvalue weighted by Crippen LogP contribution is -2.55. The number of H-pyrrole nitrogens is 1. The quantitative estimate of drug-likeness (QED) is 0.884. The monoisotopic (exact) mass is 274 g/mol. The molecule has 1 aromatic rings. The smallest absolute Gasteiger partial charge is 0.291 e. The lowest BCUT2D eigenvalue weighted by atomic mass is 9.54. The topological polar surface area (TPSA) is 70.7 Å². The molecule has 0 radical (unpaired) electrons. The molecule has 4 aliphatic rings. The highest BCUT2D eigenvalue weighted by Gasteiger charge is 2.48. The molecule has 1 heterocycles. The zero-order chi connectivity index (χ0) is 13.7. The maximum absolute atomic E-state index is 12.3. The van der Waals surface area contributed by atoms with Crippen LogP contribution < -0.4 is 5.32 Å². The molecule has 20 heavy (non-hydrogen) atoms. The first-order valence-corrected chi connectivity index (χ1v) is 7.95. The number of hydrogen-bond acceptors (Lipinski definition) is 3. The lowest BCUT2D eigenvalue weighted by molar-refractivity contribution is -0.0120. The Labute approximate surface area is 118 Å². The van der Waals surface area contributed by atoms with E-state index in [1.807, 2.05) is 6.92 Å². The van der Waals surface area contributed by atoms with Gasteiger partial charge in [-0.05, 0) is 55.8 Å². The van der Waals surface area contributed by atoms with Gasteiger partial charge in [-0.3, -0.25) is 9.89 Å². The second-order valence-electron chi connectivity index (χ2n) is 6.89. The molecule has 4 saturated carbocycles. The summed E-state index contributed by atoms with van der Waals surface area (Å²) >= 11 is 0. The van der Waals surface area contributed by atoms with E-state index < -0.39 is 0 Å². The Balaban J connectivity index is 1.47. The number of amides is 1. The van der Waals surface area contributed by atoms with Crippen molar-refractivity contribution >= 4 is 5.91 Å². The Morgan fingerprint density at radius 3 is 2.40 bits per heavy atom. The van der Waals surface area contributed by atoms with Crippen LogP contribution >= 0.6 is 0 Å². The summed E-state index contributed by atoms with van der Waals surface area (Å²) in [5.41, 5.74) is 0. The lowest BCUT2D eigenvalue weighted by Gasteiger charge is -2.54. The predicted octanol–water partition coefficient (Wildman–Crippen LogP) is 1.92. The Morgan fingerprint density at radius 2 is 1.85 bits per heavy atom. The molecular formula is C15H22N4O. The van der Waals surface area contributed by atoms with Crippen molar-refractivity contribution in [2.45, 2.75) is 51.5 Å². The van der Waals surface area contributed by atoms with Gasteiger partial charge < -0.3 is 5.32 Å². The minimum Gasteiger partial charge on any atom is -0.346 e. The summed E-state index contributed by atoms with van der Waals surface area (Å²) in [7, 11) is 0. The van der Waals surface area contributed by atoms with E-state index in [2.05, 4.69) is 20.5 Å². The molecule has 0 aromatic carbocycles. The van der Waals surface area contributed by atoms with Crippen molar-refractivity contribution < 1.29 is 4.79 Å². The molecule has 4 bridgehead atoms. The fourth-order valence-electron chi connectivity index (χ4n) is 4.93. The molecule has 1 amide bonds. The third kappa shape index (κ3) is 1.95. The number of aromatic nitrogens is 3. The number of aromatic amines is 1. The molecular weight excluding hydrogens is 252 g/mol. The van der Waals surface area contributed by atoms with Gasteiger partial charge in [0, 0.05) is 12.5 Å². The van der Waals surface area contributed by atoms with Crippen LogP contribution in [0.4, 0.5) is 0 Å². The van der Waals surface area contributed by atoms with E-state index >= 15 is 0 Å². The molecule has 0 unspecified atom stereocenters. The molecule has 0 atom stereocenters. The highest BCUT2D eigenvalue weighted by Crippen LogP contribution is 2.53. The molecule has 0 aliphatic heterocycles. The average molecular weight is 274 g/mol. The van der Waals surface area contributed by atoms with Gasteiger partial charge in [-0.1, -0.05) is 6.92 Å². The van der Waals surface area contributed by atoms with Crippen LogP contribution in [-0.2, 0) is 6.42 Å². The number of nitrogens with zero attached hydrogens (tertiary/aromatic N) is 2. The third-order valence-electron chi connectivity index (χ3n) is 5.59. The Bertz CT molecular complexity index is 496. The summed E-state index contributed by atoms with van der Waals surface area (Å²) in [6.07, 6.45) is 7.46. The molecule has 4 aliphatic carbocycles. The van der Waals surface area contributed by atoms with Crippen molar-refractivity contribution in [3.05, 3.63) is 11.6 Å². The molecule has 2 N–H and O–H groups in total. The molecule has 0 saturated heterocycles. The van der Waals surface area contributed by atoms with Crippen LogP contribution in [0, 0.1) is 23.7 Å². The number of hydrogen-bond donors (Lipinski definition) is 2. The van der Waals surface area contributed by atoms with Gasteiger partial charge in [0.2, 0.25) is 5.82 Å². The van der Waals surface area contributed by atoms with E-state index in [-0.39, 0.29) is 5.91 Å². The number of rotatable bonds is 3. The van der Waals surface area contributed by atoms with E-state index in [0.717, 1.165) is 24.1 Å². The van der Waals surface area contributed by atoms with Crippen molar-refractivity contribution in [3.8, 4) is 0 Å². The van der Waals surface area contributed by atoms with E-state index in [4.69, 9.17) is 0 Å². The second-order valence-corrected chi connectivity index (χ2v) is 6.89. The van der Waals surface area contributed by atoms with Crippen molar-refractivity contribution in [3.63, 3.8) is 0 Å². The van der Waals surface area contributed by atoms with Crippen molar-refractivity contribution in [1.29, 1.82) is 0 Å². The normalized spacial score (nSPS) is 38.1. The Morgan fingerprint density at radius 1 is 1.20 bits per heavy atom. The third-order valence-corrected chi connectivity index (χ3v) is 5.59. The molecule has 4 fully saturated rings. The van der Waals surface area contributed by atoms with Crippen LogP contribution in [-0.4, -0.2) is 27.1 Å². The van der Waals surface area contributed by atoms with Gasteiger partial charge in [0.05, 0.1) is 0 Å². The second kappa shape index (κ2) is 4.57. The van der Waals surface area contributed by atoms with Crippen molar-refractivity contribution in [1.82, 2.24) is 20.5 Å². The zero-order valence-electron chi connectivity index (χ0n) is 11.9. The highest BCUT2D eigenvalue weighted by atomic mass is 16.2. The van der Waals surface area contributed by atoms with Crippen molar-refractivity contribution in [2.75, 3.05) is 0 Å². The minimum atomic E-state index is -0.0987. The SMILES string of the molecule is CCc1nc(C(=O)NC2C3CC4CC(C3)CC2C4)n[nH]1. The van der Waals surface area contributed by atoms with Crippen LogP contribution in [0.5, 0.6) is 0 Å². The maximum atomic E-state index is 12.3. The predicted molar refractivity (Wildman–Crippen MR) is 74.1 cm³/mol. The molecule has 1 aromatic heterocycles. The van der Waals surface area contributed by atoms with Gasteiger partial charge in [-0.2, -0.15) is 0 Å². The number of carbonyl (C=O) groups is 1. The summed E-state index contributed by atoms with van der Waals surface area (Å²) in [6.45, 7) is 2.00. The van der Waals surface area contributed by atoms with Gasteiger partial charge in [0.25, 0.3) is 5.91 Å². The first-order valence-electron chi connectivity index (χ1n) is 7.95. The van der Waals surface area contributed by atoms with E-state index in [1.165, 1.54) is 32.1 Å². The van der Waals surface area contributed by atoms with Gasteiger partial charge >= 0.3 is 0 Å². The first-order chi connectivity index (χ1) is 9.72. The standard InChI is InChI=1S/C15H22N4O/c1-2-12-16-14(19-18-12)15(20)17-13-10-4-8-3-9(6-10)7-11(13)5-8/h8-11,13H,2-7H2,1H3,(H,17,20)(H,16,18,19). The number of aryl methyl sites for hydroxylation is 1. The Hall–Kier alpha value is -1.39. The van der Waals surface area contributed by atoms with Gasteiger partial charge in [-0.25, -0.2) is 4.98 Å². The van der Waals surface area contributed by atoms with E-state index in [0.29, 0.717) is 23.7 Å². The summed E-state index contributed by atoms with van der Waals surface area (Å²) in [4.78, 5) is 16.5. The van der Waals surface area contributed by atoms with Crippen LogP contribution in [0.2, 0.25) is 0 Å². The van der Waals surface area contributed by atoms with Gasteiger partial charge in [-0.15, -0.1) is 5.10 Å². The molecule has 0 spiro atoms. The molecule has 5 rings (SSSR count). The minimum absolute atomic E-state index is 0.0987. The highest BCUT2D eigenvalue weighted by molar-refractivity contribution is 5.90. The van der Waals surface area contributed by atoms with Crippen LogP contribution in [0.25, 0.3) is 0 Å². The molecule has 5 heteroatoms.